The van der Waals surface area contributed by atoms with Crippen molar-refractivity contribution in [2.24, 2.45) is 0 Å². The van der Waals surface area contributed by atoms with Crippen LogP contribution in [0.15, 0.2) is 30.3 Å². The fraction of sp³-hybridized carbons (Fsp3) is 0.710. The highest BCUT2D eigenvalue weighted by Crippen LogP contribution is 2.44. The molecular weight excluding hydrogens is 2050 g/mol. The van der Waals surface area contributed by atoms with Gasteiger partial charge in [0.2, 0.25) is 17.7 Å². The Morgan fingerprint density at radius 2 is 0.426 bits per heavy atom. The molecule has 7 rings (SSSR count). The number of rotatable bonds is 49. The molecule has 30 atom stereocenters. The molecule has 3 N–H and O–H groups in total. The van der Waals surface area contributed by atoms with Crippen molar-refractivity contribution >= 4 is 174 Å². The molecule has 30 unspecified atom stereocenters. The SMILES string of the molecule is CC(=O)NC1C(SCCC[Si](CCCSC2OC(COC(C)=O)C(OC3OC(COC(C)=O)C(OC(C)=O)C(OC(C)=O)C3OC(C)=O)C(OC(C)=O)C2NC(C)=O)(CCCSC2OC(COC(C)=O)C(OC3OC(COC(C)=O)C(OC(C)=O)C(OC(C)=O)C3OC(C)=O)C(OC(C)=O)C2NC(C)=O)c2ccccc2)OC(COC(C)=O)C(OC2OC(COC(C)=O)C(OC(C)=O)C(OC(C)=O)C2OC(C)=O)C1OC(C)=O. The molecule has 0 aliphatic carbocycles. The second-order valence-corrected chi connectivity index (χ2v) is 43.3. The Bertz CT molecular complexity index is 4360. The first-order valence-corrected chi connectivity index (χ1v) is 52.9. The summed E-state index contributed by atoms with van der Waals surface area (Å²) in [4.78, 5) is 275. The summed E-state index contributed by atoms with van der Waals surface area (Å²) >= 11 is 3.32. The maximum Gasteiger partial charge on any atom is 0.303 e. The third-order valence-electron chi connectivity index (χ3n) is 22.7. The molecular formula is C93H131N3O48S3Si. The third kappa shape index (κ3) is 39.1. The predicted molar refractivity (Wildman–Crippen MR) is 503 cm³/mol. The lowest BCUT2D eigenvalue weighted by Crippen LogP contribution is -2.68. The molecule has 148 heavy (non-hydrogen) atoms. The minimum Gasteiger partial charge on any atom is -0.463 e. The molecule has 51 nitrogen and oxygen atoms in total. The monoisotopic (exact) mass is 2180 g/mol. The summed E-state index contributed by atoms with van der Waals surface area (Å²) in [5.74, 6) is -18.8. The maximum absolute atomic E-state index is 13.8. The highest BCUT2D eigenvalue weighted by atomic mass is 32.2. The minimum atomic E-state index is -3.31. The molecule has 6 saturated heterocycles. The molecule has 0 spiro atoms. The van der Waals surface area contributed by atoms with E-state index in [0.717, 1.165) is 186 Å². The summed E-state index contributed by atoms with van der Waals surface area (Å²) < 4.78 is 162. The molecule has 6 heterocycles. The van der Waals surface area contributed by atoms with Gasteiger partial charge in [-0.05, 0) is 36.5 Å². The number of carbonyl (C=O) groups is 21. The van der Waals surface area contributed by atoms with Crippen LogP contribution in [0.1, 0.15) is 165 Å². The van der Waals surface area contributed by atoms with Crippen LogP contribution in [-0.2, 0) is 229 Å². The van der Waals surface area contributed by atoms with Crippen molar-refractivity contribution in [1.82, 2.24) is 16.0 Å². The zero-order valence-electron chi connectivity index (χ0n) is 85.6. The van der Waals surface area contributed by atoms with Gasteiger partial charge in [-0.15, -0.1) is 35.3 Å². The number of hydrogen-bond acceptors (Lipinski definition) is 51. The lowest BCUT2D eigenvalue weighted by Gasteiger charge is -2.49. The molecule has 0 radical (unpaired) electrons. The number of nitrogens with one attached hydrogen (secondary N) is 3. The zero-order valence-corrected chi connectivity index (χ0v) is 89.1. The number of thioether (sulfide) groups is 3. The van der Waals surface area contributed by atoms with E-state index in [2.05, 4.69) is 16.0 Å². The van der Waals surface area contributed by atoms with Crippen molar-refractivity contribution < 1.29 is 229 Å². The van der Waals surface area contributed by atoms with Crippen molar-refractivity contribution in [1.29, 1.82) is 0 Å². The largest absolute Gasteiger partial charge is 0.463 e. The van der Waals surface area contributed by atoms with Crippen molar-refractivity contribution in [3.8, 4) is 0 Å². The summed E-state index contributed by atoms with van der Waals surface area (Å²) in [5, 5.41) is 9.32. The summed E-state index contributed by atoms with van der Waals surface area (Å²) in [6.45, 7) is 17.6. The van der Waals surface area contributed by atoms with Gasteiger partial charge in [0.25, 0.3) is 0 Å². The van der Waals surface area contributed by atoms with Crippen LogP contribution >= 0.6 is 35.3 Å². The van der Waals surface area contributed by atoms with Crippen molar-refractivity contribution in [2.45, 2.75) is 364 Å². The topological polar surface area (TPSA) is 644 Å². The number of ether oxygens (including phenoxy) is 27. The molecule has 6 aliphatic heterocycles. The number of esters is 18. The molecule has 0 bridgehead atoms. The fourth-order valence-electron chi connectivity index (χ4n) is 17.6. The number of hydrogen-bond donors (Lipinski definition) is 3. The van der Waals surface area contributed by atoms with Gasteiger partial charge in [0, 0.05) is 145 Å². The third-order valence-corrected chi connectivity index (χ3v) is 31.9. The molecule has 6 aliphatic rings. The van der Waals surface area contributed by atoms with Crippen LogP contribution in [0.3, 0.4) is 0 Å². The summed E-state index contributed by atoms with van der Waals surface area (Å²) in [6.07, 6.45) is -40.9. The second-order valence-electron chi connectivity index (χ2n) is 35.0. The Morgan fingerprint density at radius 3 is 0.622 bits per heavy atom. The Hall–Kier alpha value is -11.0. The van der Waals surface area contributed by atoms with Crippen molar-refractivity contribution in [3.05, 3.63) is 30.3 Å². The molecule has 3 amide bonds. The van der Waals surface area contributed by atoms with Gasteiger partial charge >= 0.3 is 107 Å². The zero-order chi connectivity index (χ0) is 110. The normalized spacial score (nSPS) is 30.0. The van der Waals surface area contributed by atoms with E-state index in [9.17, 15) is 101 Å². The van der Waals surface area contributed by atoms with E-state index in [1.54, 1.807) is 6.07 Å². The molecule has 55 heteroatoms. The molecule has 828 valence electrons. The average Bonchev–Trinajstić information content (AvgIpc) is 0.765. The summed E-state index contributed by atoms with van der Waals surface area (Å²) in [7, 11) is -3.31. The Labute approximate surface area is 865 Å². The van der Waals surface area contributed by atoms with Gasteiger partial charge in [-0.25, -0.2) is 0 Å². The van der Waals surface area contributed by atoms with Crippen molar-refractivity contribution in [2.75, 3.05) is 56.9 Å². The van der Waals surface area contributed by atoms with Gasteiger partial charge < -0.3 is 144 Å². The van der Waals surface area contributed by atoms with Gasteiger partial charge in [0.1, 0.15) is 129 Å². The van der Waals surface area contributed by atoms with Crippen LogP contribution in [0.4, 0.5) is 0 Å². The lowest BCUT2D eigenvalue weighted by molar-refractivity contribution is -0.336. The van der Waals surface area contributed by atoms with Gasteiger partial charge in [0.05, 0.1) is 8.07 Å². The molecule has 0 saturated carbocycles. The minimum absolute atomic E-state index is 0.108. The first-order chi connectivity index (χ1) is 69.6. The number of carbonyl (C=O) groups excluding carboxylic acids is 21. The van der Waals surface area contributed by atoms with E-state index >= 15 is 0 Å². The molecule has 1 aromatic carbocycles. The van der Waals surface area contributed by atoms with Gasteiger partial charge in [-0.3, -0.25) is 101 Å². The van der Waals surface area contributed by atoms with E-state index in [1.165, 1.54) is 0 Å². The first kappa shape index (κ1) is 124. The quantitative estimate of drug-likeness (QED) is 0.0358. The van der Waals surface area contributed by atoms with Crippen LogP contribution in [0.5, 0.6) is 0 Å². The molecule has 6 fully saturated rings. The summed E-state index contributed by atoms with van der Waals surface area (Å²) in [5.41, 5.74) is -3.88. The molecule has 1 aromatic rings. The average molecular weight is 2180 g/mol. The Balaban J connectivity index is 1.36. The Kier molecular flexibility index (Phi) is 49.9. The summed E-state index contributed by atoms with van der Waals surface area (Å²) in [6, 6.07) is 6.05. The number of amides is 3. The van der Waals surface area contributed by atoms with Crippen molar-refractivity contribution in [3.63, 3.8) is 0 Å². The molecule has 0 aromatic heterocycles. The van der Waals surface area contributed by atoms with Gasteiger partial charge in [0.15, 0.2) is 92.1 Å². The highest BCUT2D eigenvalue weighted by molar-refractivity contribution is 8.00. The van der Waals surface area contributed by atoms with Crippen LogP contribution in [0.2, 0.25) is 18.1 Å². The van der Waals surface area contributed by atoms with E-state index in [4.69, 9.17) is 128 Å². The highest BCUT2D eigenvalue weighted by Gasteiger charge is 2.62. The van der Waals surface area contributed by atoms with Crippen LogP contribution in [0.25, 0.3) is 0 Å². The van der Waals surface area contributed by atoms with Crippen LogP contribution in [0, 0.1) is 0 Å². The first-order valence-electron chi connectivity index (χ1n) is 47.1. The predicted octanol–water partition coefficient (Wildman–Crippen LogP) is 1.29. The van der Waals surface area contributed by atoms with E-state index in [-0.39, 0.29) is 36.5 Å². The second kappa shape index (κ2) is 59.6. The van der Waals surface area contributed by atoms with E-state index < -0.39 is 354 Å². The lowest BCUT2D eigenvalue weighted by atomic mass is 9.95. The van der Waals surface area contributed by atoms with E-state index in [0.29, 0.717) is 18.1 Å². The standard InChI is InChI=1S/C93H131N3O48S3Si/c1-42(97)94-70-79(127-54(13)109)73(142-88-85(133-60(19)115)82(130-57(16)112)76(124-51(10)106)64(136-88)36-118-45(4)100)67(39-121-48(7)103)139-91(70)145-30-25-33-148(63-28-23-22-24-29-63,34-26-31-146-92-71(95-43(2)98)80(128-55(14)110)74(68(140-92)40-122-49(8)104)143-89-86(134-61(20)116)83(131-58(17)113)77(125-52(11)107)65(137-89)37-119-46(5)101)35-27-32-147-93-72(96-44(3)99)81(129-56(15)111)75(69(141-93)41-123-50(9)105)144-90-87(135-62(21)117)84(132-59(18)114)78(126-53(12)108)66(138-90)38-120-47(6)102/h22-24,28-29,64-93H,25-27,30-41H2,1-21H3,(H,94,97)(H,95,98)(H,96,99). The number of benzene rings is 1. The fourth-order valence-corrected chi connectivity index (χ4v) is 27.0. The Morgan fingerprint density at radius 1 is 0.236 bits per heavy atom. The van der Waals surface area contributed by atoms with Gasteiger partial charge in [-0.1, -0.05) is 53.7 Å². The smallest absolute Gasteiger partial charge is 0.303 e. The van der Waals surface area contributed by atoms with Gasteiger partial charge in [-0.2, -0.15) is 0 Å². The maximum atomic E-state index is 13.8. The van der Waals surface area contributed by atoms with E-state index in [1.807, 2.05) is 24.3 Å². The van der Waals surface area contributed by atoms with Crippen LogP contribution < -0.4 is 21.1 Å². The van der Waals surface area contributed by atoms with Crippen LogP contribution in [-0.4, -0.2) is 372 Å².